The zero-order valence-corrected chi connectivity index (χ0v) is 18.0. The van der Waals surface area contributed by atoms with Crippen molar-refractivity contribution in [2.75, 3.05) is 5.32 Å². The van der Waals surface area contributed by atoms with Gasteiger partial charge < -0.3 is 15.6 Å². The molecule has 0 bridgehead atoms. The van der Waals surface area contributed by atoms with Gasteiger partial charge in [0.05, 0.1) is 28.0 Å². The average Bonchev–Trinajstić information content (AvgIpc) is 3.15. The van der Waals surface area contributed by atoms with Gasteiger partial charge in [0.15, 0.2) is 0 Å². The van der Waals surface area contributed by atoms with Crippen LogP contribution >= 0.6 is 0 Å². The first kappa shape index (κ1) is 19.7. The van der Waals surface area contributed by atoms with Crippen LogP contribution in [-0.4, -0.2) is 25.4 Å². The maximum Gasteiger partial charge on any atom is 0.250 e. The molecule has 0 spiro atoms. The molecule has 3 aromatic heterocycles. The van der Waals surface area contributed by atoms with Crippen LogP contribution in [0.3, 0.4) is 0 Å². The third-order valence-corrected chi connectivity index (χ3v) is 5.64. The Morgan fingerprint density at radius 2 is 1.84 bits per heavy atom. The van der Waals surface area contributed by atoms with Gasteiger partial charge in [0, 0.05) is 48.1 Å². The number of anilines is 2. The molecule has 0 saturated heterocycles. The number of carbonyl (C=O) groups is 1. The molecular weight excluding hydrogens is 400 g/mol. The van der Waals surface area contributed by atoms with Gasteiger partial charge in [-0.3, -0.25) is 19.7 Å². The van der Waals surface area contributed by atoms with Crippen LogP contribution < -0.4 is 11.1 Å². The van der Waals surface area contributed by atoms with E-state index >= 15 is 0 Å². The highest BCUT2D eigenvalue weighted by atomic mass is 16.1. The zero-order chi connectivity index (χ0) is 22.4. The van der Waals surface area contributed by atoms with Crippen molar-refractivity contribution in [3.63, 3.8) is 0 Å². The Kier molecular flexibility index (Phi) is 4.59. The molecule has 1 amide bonds. The topological polar surface area (TPSA) is 98.7 Å². The molecule has 7 heteroatoms. The van der Waals surface area contributed by atoms with E-state index in [-0.39, 0.29) is 0 Å². The molecule has 7 nitrogen and oxygen atoms in total. The van der Waals surface area contributed by atoms with E-state index in [1.165, 1.54) is 5.39 Å². The van der Waals surface area contributed by atoms with Crippen molar-refractivity contribution in [2.24, 2.45) is 12.8 Å². The number of nitrogens with one attached hydrogen (secondary N) is 1. The number of primary amides is 1. The molecule has 0 saturated carbocycles. The van der Waals surface area contributed by atoms with Crippen LogP contribution in [0, 0.1) is 13.8 Å². The molecule has 0 fully saturated rings. The first-order chi connectivity index (χ1) is 15.4. The molecule has 5 aromatic rings. The largest absolute Gasteiger partial charge is 0.366 e. The van der Waals surface area contributed by atoms with Crippen molar-refractivity contribution < 1.29 is 4.79 Å². The lowest BCUT2D eigenvalue weighted by molar-refractivity contribution is 0.100. The van der Waals surface area contributed by atoms with E-state index in [1.807, 2.05) is 39.2 Å². The number of aromatic nitrogens is 4. The van der Waals surface area contributed by atoms with Crippen molar-refractivity contribution in [1.82, 2.24) is 19.5 Å². The molecule has 158 valence electrons. The number of hydrogen-bond donors (Lipinski definition) is 2. The van der Waals surface area contributed by atoms with Gasteiger partial charge in [-0.05, 0) is 55.1 Å². The number of benzene rings is 2. The minimum atomic E-state index is -0.504. The van der Waals surface area contributed by atoms with Crippen molar-refractivity contribution >= 4 is 39.2 Å². The molecule has 3 N–H and O–H groups in total. The summed E-state index contributed by atoms with van der Waals surface area (Å²) in [4.78, 5) is 25.7. The Balaban J connectivity index is 1.70. The van der Waals surface area contributed by atoms with E-state index in [0.29, 0.717) is 16.9 Å². The molecule has 0 unspecified atom stereocenters. The Morgan fingerprint density at radius 1 is 1.03 bits per heavy atom. The Hall–Kier alpha value is -4.26. The Morgan fingerprint density at radius 3 is 2.66 bits per heavy atom. The number of fused-ring (bicyclic) bond motifs is 2. The highest BCUT2D eigenvalue weighted by Crippen LogP contribution is 2.34. The van der Waals surface area contributed by atoms with Gasteiger partial charge in [-0.1, -0.05) is 12.1 Å². The second-order valence-electron chi connectivity index (χ2n) is 7.91. The maximum atomic E-state index is 12.1. The van der Waals surface area contributed by atoms with Crippen molar-refractivity contribution in [2.45, 2.75) is 13.8 Å². The number of nitrogens with zero attached hydrogens (tertiary/aromatic N) is 4. The number of rotatable bonds is 4. The van der Waals surface area contributed by atoms with E-state index in [4.69, 9.17) is 5.73 Å². The number of nitrogens with two attached hydrogens (primary N) is 1. The van der Waals surface area contributed by atoms with E-state index in [9.17, 15) is 4.79 Å². The Labute approximate surface area is 184 Å². The minimum absolute atomic E-state index is 0.404. The molecule has 2 aromatic carbocycles. The second-order valence-corrected chi connectivity index (χ2v) is 7.91. The van der Waals surface area contributed by atoms with Crippen LogP contribution in [0.5, 0.6) is 0 Å². The predicted octanol–water partition coefficient (Wildman–Crippen LogP) is 4.64. The molecule has 0 atom stereocenters. The summed E-state index contributed by atoms with van der Waals surface area (Å²) in [6.07, 6.45) is 5.41. The van der Waals surface area contributed by atoms with Crippen LogP contribution in [0.15, 0.2) is 61.1 Å². The average molecular weight is 422 g/mol. The highest BCUT2D eigenvalue weighted by molar-refractivity contribution is 6.01. The van der Waals surface area contributed by atoms with Gasteiger partial charge in [0.2, 0.25) is 0 Å². The number of hydrogen-bond acceptors (Lipinski definition) is 5. The fourth-order valence-corrected chi connectivity index (χ4v) is 4.12. The number of amides is 1. The van der Waals surface area contributed by atoms with E-state index in [2.05, 4.69) is 49.1 Å². The summed E-state index contributed by atoms with van der Waals surface area (Å²) in [6.45, 7) is 3.69. The summed E-state index contributed by atoms with van der Waals surface area (Å²) < 4.78 is 2.09. The van der Waals surface area contributed by atoms with Gasteiger partial charge in [-0.25, -0.2) is 0 Å². The van der Waals surface area contributed by atoms with Gasteiger partial charge in [0.25, 0.3) is 5.91 Å². The normalized spacial score (nSPS) is 11.2. The number of carbonyl (C=O) groups excluding carboxylic acids is 1. The third-order valence-electron chi connectivity index (χ3n) is 5.64. The van der Waals surface area contributed by atoms with E-state index in [1.54, 1.807) is 18.5 Å². The lowest BCUT2D eigenvalue weighted by atomic mass is 10.0. The van der Waals surface area contributed by atoms with Gasteiger partial charge in [-0.2, -0.15) is 0 Å². The van der Waals surface area contributed by atoms with Crippen LogP contribution in [-0.2, 0) is 7.05 Å². The molecular formula is C25H22N6O. The maximum absolute atomic E-state index is 12.1. The van der Waals surface area contributed by atoms with Crippen molar-refractivity contribution in [3.05, 3.63) is 78.0 Å². The standard InChI is InChI=1S/C25H22N6O/c1-14-10-20(25(26)32)23(15(2)29-14)30-18-12-19(24-21(13-18)27-7-8-28-24)17-5-4-16-6-9-31(3)22(16)11-17/h4-13,30H,1-3H3,(H2,26,32). The summed E-state index contributed by atoms with van der Waals surface area (Å²) in [5.74, 6) is -0.504. The highest BCUT2D eigenvalue weighted by Gasteiger charge is 2.16. The SMILES string of the molecule is Cc1cc(C(N)=O)c(Nc2cc(-c3ccc4ccn(C)c4c3)c3nccnc3c2)c(C)n1. The number of pyridine rings is 1. The summed E-state index contributed by atoms with van der Waals surface area (Å²) >= 11 is 0. The van der Waals surface area contributed by atoms with Gasteiger partial charge in [-0.15, -0.1) is 0 Å². The molecule has 0 aliphatic rings. The first-order valence-corrected chi connectivity index (χ1v) is 10.3. The number of aryl methyl sites for hydroxylation is 3. The van der Waals surface area contributed by atoms with Crippen molar-refractivity contribution in [3.8, 4) is 11.1 Å². The van der Waals surface area contributed by atoms with Crippen LogP contribution in [0.25, 0.3) is 33.1 Å². The minimum Gasteiger partial charge on any atom is -0.366 e. The molecule has 32 heavy (non-hydrogen) atoms. The smallest absolute Gasteiger partial charge is 0.250 e. The van der Waals surface area contributed by atoms with Gasteiger partial charge in [0.1, 0.15) is 0 Å². The monoisotopic (exact) mass is 422 g/mol. The molecule has 0 radical (unpaired) electrons. The second kappa shape index (κ2) is 7.46. The lowest BCUT2D eigenvalue weighted by Crippen LogP contribution is -2.15. The van der Waals surface area contributed by atoms with E-state index < -0.39 is 5.91 Å². The molecule has 0 aliphatic heterocycles. The van der Waals surface area contributed by atoms with Crippen LogP contribution in [0.2, 0.25) is 0 Å². The third kappa shape index (κ3) is 3.33. The fraction of sp³-hybridized carbons (Fsp3) is 0.120. The quantitative estimate of drug-likeness (QED) is 0.439. The molecule has 5 rings (SSSR count). The van der Waals surface area contributed by atoms with Gasteiger partial charge >= 0.3 is 0 Å². The zero-order valence-electron chi connectivity index (χ0n) is 18.0. The predicted molar refractivity (Wildman–Crippen MR) is 127 cm³/mol. The first-order valence-electron chi connectivity index (χ1n) is 10.3. The molecule has 3 heterocycles. The summed E-state index contributed by atoms with van der Waals surface area (Å²) in [5.41, 5.74) is 13.5. The van der Waals surface area contributed by atoms with Crippen LogP contribution in [0.1, 0.15) is 21.7 Å². The van der Waals surface area contributed by atoms with Crippen molar-refractivity contribution in [1.29, 1.82) is 0 Å². The summed E-state index contributed by atoms with van der Waals surface area (Å²) in [7, 11) is 2.03. The van der Waals surface area contributed by atoms with Crippen LogP contribution in [0.4, 0.5) is 11.4 Å². The fourth-order valence-electron chi connectivity index (χ4n) is 4.12. The van der Waals surface area contributed by atoms with E-state index in [0.717, 1.165) is 39.1 Å². The molecule has 0 aliphatic carbocycles. The lowest BCUT2D eigenvalue weighted by Gasteiger charge is -2.16. The Bertz CT molecular complexity index is 1520. The summed E-state index contributed by atoms with van der Waals surface area (Å²) in [5, 5.41) is 4.53. The summed E-state index contributed by atoms with van der Waals surface area (Å²) in [6, 6.07) is 14.1.